The summed E-state index contributed by atoms with van der Waals surface area (Å²) in [4.78, 5) is 27.5. The van der Waals surface area contributed by atoms with Gasteiger partial charge in [-0.1, -0.05) is 37.3 Å². The summed E-state index contributed by atoms with van der Waals surface area (Å²) in [5, 5.41) is 3.13. The zero-order valence-electron chi connectivity index (χ0n) is 17.5. The molecule has 1 aliphatic rings. The van der Waals surface area contributed by atoms with Crippen molar-refractivity contribution in [2.24, 2.45) is 0 Å². The molecule has 2 aromatic rings. The van der Waals surface area contributed by atoms with E-state index in [4.69, 9.17) is 0 Å². The minimum absolute atomic E-state index is 0.0920. The highest BCUT2D eigenvalue weighted by molar-refractivity contribution is 5.94. The fourth-order valence-corrected chi connectivity index (χ4v) is 3.91. The highest BCUT2D eigenvalue weighted by Gasteiger charge is 2.22. The average Bonchev–Trinajstić information content (AvgIpc) is 2.75. The van der Waals surface area contributed by atoms with E-state index in [1.807, 2.05) is 30.3 Å². The summed E-state index contributed by atoms with van der Waals surface area (Å²) in [7, 11) is 0. The summed E-state index contributed by atoms with van der Waals surface area (Å²) < 4.78 is 0. The molecule has 5 nitrogen and oxygen atoms in total. The van der Waals surface area contributed by atoms with Crippen LogP contribution in [0.3, 0.4) is 0 Å². The van der Waals surface area contributed by atoms with E-state index in [1.54, 1.807) is 6.92 Å². The minimum atomic E-state index is 0.0920. The van der Waals surface area contributed by atoms with Crippen molar-refractivity contribution in [3.05, 3.63) is 65.7 Å². The van der Waals surface area contributed by atoms with Crippen LogP contribution in [0.1, 0.15) is 42.1 Å². The van der Waals surface area contributed by atoms with Crippen molar-refractivity contribution in [3.8, 4) is 0 Å². The van der Waals surface area contributed by atoms with Crippen molar-refractivity contribution >= 4 is 17.4 Å². The topological polar surface area (TPSA) is 53.9 Å². The van der Waals surface area contributed by atoms with Crippen LogP contribution in [0.2, 0.25) is 0 Å². The number of nitrogens with one attached hydrogen (secondary N) is 2. The highest BCUT2D eigenvalue weighted by Crippen LogP contribution is 2.18. The molecular formula is C24H32N3O2+. The van der Waals surface area contributed by atoms with E-state index < -0.39 is 0 Å². The van der Waals surface area contributed by atoms with Gasteiger partial charge in [0, 0.05) is 23.7 Å². The second-order valence-corrected chi connectivity index (χ2v) is 7.84. The Hall–Kier alpha value is -2.66. The first-order chi connectivity index (χ1) is 14.1. The Morgan fingerprint density at radius 1 is 1.03 bits per heavy atom. The molecule has 1 fully saturated rings. The monoisotopic (exact) mass is 394 g/mol. The van der Waals surface area contributed by atoms with Gasteiger partial charge in [-0.05, 0) is 43.2 Å². The molecule has 2 aromatic carbocycles. The number of carbonyl (C=O) groups is 2. The lowest BCUT2D eigenvalue weighted by Crippen LogP contribution is -3.16. The lowest BCUT2D eigenvalue weighted by molar-refractivity contribution is -0.892. The van der Waals surface area contributed by atoms with Crippen LogP contribution in [0, 0.1) is 0 Å². The number of rotatable bonds is 8. The fourth-order valence-electron chi connectivity index (χ4n) is 3.91. The molecule has 1 amide bonds. The minimum Gasteiger partial charge on any atom is -0.360 e. The van der Waals surface area contributed by atoms with Crippen LogP contribution in [0.5, 0.6) is 0 Å². The maximum Gasteiger partial charge on any atom is 0.275 e. The Morgan fingerprint density at radius 2 is 1.69 bits per heavy atom. The molecule has 1 heterocycles. The average molecular weight is 395 g/mol. The smallest absolute Gasteiger partial charge is 0.275 e. The number of nitrogens with zero attached hydrogens (tertiary/aromatic N) is 1. The second kappa shape index (κ2) is 10.2. The molecule has 1 atom stereocenters. The molecule has 1 aliphatic heterocycles. The lowest BCUT2D eigenvalue weighted by atomic mass is 9.96. The fraction of sp³-hybridized carbons (Fsp3) is 0.417. The maximum absolute atomic E-state index is 12.4. The molecule has 0 unspecified atom stereocenters. The van der Waals surface area contributed by atoms with E-state index in [0.29, 0.717) is 19.0 Å². The number of anilines is 1. The van der Waals surface area contributed by atoms with Crippen molar-refractivity contribution in [2.75, 3.05) is 44.2 Å². The summed E-state index contributed by atoms with van der Waals surface area (Å²) in [6.45, 7) is 8.70. The first-order valence-electron chi connectivity index (χ1n) is 10.6. The third-order valence-electron chi connectivity index (χ3n) is 5.83. The van der Waals surface area contributed by atoms with Gasteiger partial charge in [-0.2, -0.15) is 0 Å². The zero-order valence-corrected chi connectivity index (χ0v) is 17.5. The summed E-state index contributed by atoms with van der Waals surface area (Å²) >= 11 is 0. The molecule has 2 N–H and O–H groups in total. The van der Waals surface area contributed by atoms with Gasteiger partial charge in [-0.3, -0.25) is 9.59 Å². The van der Waals surface area contributed by atoms with Gasteiger partial charge in [0.25, 0.3) is 5.91 Å². The van der Waals surface area contributed by atoms with E-state index in [-0.39, 0.29) is 11.7 Å². The summed E-state index contributed by atoms with van der Waals surface area (Å²) in [5.41, 5.74) is 3.18. The van der Waals surface area contributed by atoms with Gasteiger partial charge in [-0.25, -0.2) is 0 Å². The number of piperazine rings is 1. The number of carbonyl (C=O) groups excluding carboxylic acids is 2. The van der Waals surface area contributed by atoms with E-state index in [9.17, 15) is 9.59 Å². The number of quaternary nitrogens is 1. The Labute approximate surface area is 173 Å². The molecule has 29 heavy (non-hydrogen) atoms. The summed E-state index contributed by atoms with van der Waals surface area (Å²) in [6, 6.07) is 18.2. The lowest BCUT2D eigenvalue weighted by Gasteiger charge is -2.33. The van der Waals surface area contributed by atoms with Crippen molar-refractivity contribution in [1.29, 1.82) is 0 Å². The standard InChI is InChI=1S/C24H31N3O2/c1-3-20(22-7-5-4-6-8-22)17-25-24(29)18-26-13-15-27(16-14-26)23-11-9-21(10-12-23)19(2)28/h4-12,20H,3,13-18H2,1-2H3,(H,25,29)/p+1/t20-/m1/s1. The van der Waals surface area contributed by atoms with Crippen molar-refractivity contribution in [2.45, 2.75) is 26.2 Å². The van der Waals surface area contributed by atoms with Crippen molar-refractivity contribution in [1.82, 2.24) is 5.32 Å². The number of benzene rings is 2. The largest absolute Gasteiger partial charge is 0.360 e. The van der Waals surface area contributed by atoms with E-state index in [0.717, 1.165) is 43.9 Å². The molecule has 0 aliphatic carbocycles. The molecule has 154 valence electrons. The third-order valence-corrected chi connectivity index (χ3v) is 5.83. The maximum atomic E-state index is 12.4. The molecule has 0 bridgehead atoms. The van der Waals surface area contributed by atoms with Crippen LogP contribution < -0.4 is 15.1 Å². The molecule has 0 aromatic heterocycles. The van der Waals surface area contributed by atoms with Gasteiger partial charge in [0.05, 0.1) is 26.2 Å². The molecule has 0 saturated carbocycles. The van der Waals surface area contributed by atoms with Gasteiger partial charge >= 0.3 is 0 Å². The highest BCUT2D eigenvalue weighted by atomic mass is 16.2. The van der Waals surface area contributed by atoms with Crippen LogP contribution in [-0.2, 0) is 4.79 Å². The van der Waals surface area contributed by atoms with Gasteiger partial charge in [0.1, 0.15) is 0 Å². The predicted molar refractivity (Wildman–Crippen MR) is 117 cm³/mol. The van der Waals surface area contributed by atoms with Crippen LogP contribution in [0.15, 0.2) is 54.6 Å². The van der Waals surface area contributed by atoms with Crippen molar-refractivity contribution in [3.63, 3.8) is 0 Å². The predicted octanol–water partition coefficient (Wildman–Crippen LogP) is 1.90. The number of ketones is 1. The number of amides is 1. The first kappa shape index (κ1) is 21.1. The molecular weight excluding hydrogens is 362 g/mol. The molecule has 0 radical (unpaired) electrons. The van der Waals surface area contributed by atoms with Crippen molar-refractivity contribution < 1.29 is 14.5 Å². The SMILES string of the molecule is CC[C@H](CNC(=O)C[NH+]1CCN(c2ccc(C(C)=O)cc2)CC1)c1ccccc1. The van der Waals surface area contributed by atoms with E-state index >= 15 is 0 Å². The zero-order chi connectivity index (χ0) is 20.6. The molecule has 1 saturated heterocycles. The van der Waals surface area contributed by atoms with Gasteiger partial charge in [0.15, 0.2) is 12.3 Å². The summed E-state index contributed by atoms with van der Waals surface area (Å²) in [6.07, 6.45) is 1.01. The summed E-state index contributed by atoms with van der Waals surface area (Å²) in [5.74, 6) is 0.591. The van der Waals surface area contributed by atoms with E-state index in [2.05, 4.69) is 41.4 Å². The number of Topliss-reactive ketones (excluding diaryl/α,β-unsaturated/α-hetero) is 1. The molecule has 5 heteroatoms. The Balaban J connectivity index is 1.43. The van der Waals surface area contributed by atoms with Crippen LogP contribution in [0.25, 0.3) is 0 Å². The van der Waals surface area contributed by atoms with Gasteiger partial charge in [0.2, 0.25) is 0 Å². The number of hydrogen-bond donors (Lipinski definition) is 2. The second-order valence-electron chi connectivity index (χ2n) is 7.84. The molecule has 3 rings (SSSR count). The quantitative estimate of drug-likeness (QED) is 0.673. The third kappa shape index (κ3) is 5.91. The van der Waals surface area contributed by atoms with Crippen LogP contribution >= 0.6 is 0 Å². The van der Waals surface area contributed by atoms with Crippen LogP contribution in [0.4, 0.5) is 5.69 Å². The first-order valence-corrected chi connectivity index (χ1v) is 10.6. The van der Waals surface area contributed by atoms with Gasteiger partial charge < -0.3 is 15.1 Å². The molecule has 0 spiro atoms. The normalized spacial score (nSPS) is 15.7. The van der Waals surface area contributed by atoms with Gasteiger partial charge in [-0.15, -0.1) is 0 Å². The Morgan fingerprint density at radius 3 is 2.28 bits per heavy atom. The Bertz CT molecular complexity index is 797. The number of hydrogen-bond acceptors (Lipinski definition) is 3. The van der Waals surface area contributed by atoms with E-state index in [1.165, 1.54) is 10.5 Å². The Kier molecular flexibility index (Phi) is 7.42. The van der Waals surface area contributed by atoms with Crippen LogP contribution in [-0.4, -0.2) is 51.0 Å².